The molecule has 2 heterocycles. The molecule has 0 unspecified atom stereocenters. The van der Waals surface area contributed by atoms with Gasteiger partial charge in [-0.2, -0.15) is 10.2 Å². The summed E-state index contributed by atoms with van der Waals surface area (Å²) >= 11 is 3.43. The number of aromatic nitrogens is 4. The maximum absolute atomic E-state index is 13.5. The third-order valence-electron chi connectivity index (χ3n) is 21.1. The Bertz CT molecular complexity index is 2030. The summed E-state index contributed by atoms with van der Waals surface area (Å²) in [5.41, 5.74) is -0.286. The quantitative estimate of drug-likeness (QED) is 0.165. The molecular formula is C59H101BrN4O8. The molecule has 16 atom stereocenters. The Balaban J connectivity index is 0.000000227. The summed E-state index contributed by atoms with van der Waals surface area (Å²) in [4.78, 5) is 26.1. The van der Waals surface area contributed by atoms with Crippen molar-refractivity contribution in [2.45, 2.75) is 197 Å². The zero-order valence-corrected chi connectivity index (χ0v) is 45.2. The molecule has 0 aromatic carbocycles. The molecule has 8 aliphatic carbocycles. The van der Waals surface area contributed by atoms with Gasteiger partial charge in [0.25, 0.3) is 0 Å². The van der Waals surface area contributed by atoms with Crippen LogP contribution in [0.25, 0.3) is 0 Å². The topological polar surface area (TPSA) is 158 Å². The van der Waals surface area contributed by atoms with Gasteiger partial charge in [-0.05, 0) is 212 Å². The SMILES string of the molecule is C.C.C.CCOc1cn[nH]c1.CCOc1cnn(CC(=O)[C@H]2CC[C@H]3[C@@H]4CC[C@H]5C[C@](C)(O)CC[C@]5(COC)[C@H]4CC[C@]23C)c1.COC[C@]12CC[C@@](C)(O)C[C@@H]1CC[C@H]1[C@@H]3CC[C@H](C(=O)CBr)[C@@]3(C)CC[C@@H]12. The number of hydrogen-bond acceptors (Lipinski definition) is 10. The summed E-state index contributed by atoms with van der Waals surface area (Å²) in [6.07, 6.45) is 26.9. The molecule has 0 radical (unpaired) electrons. The van der Waals surface area contributed by atoms with E-state index in [1.165, 1.54) is 57.8 Å². The van der Waals surface area contributed by atoms with Gasteiger partial charge in [0.1, 0.15) is 5.78 Å². The van der Waals surface area contributed by atoms with Crippen molar-refractivity contribution in [3.05, 3.63) is 24.8 Å². The van der Waals surface area contributed by atoms with Gasteiger partial charge < -0.3 is 29.2 Å². The van der Waals surface area contributed by atoms with Crippen molar-refractivity contribution in [1.82, 2.24) is 20.0 Å². The highest BCUT2D eigenvalue weighted by Gasteiger charge is 2.65. The van der Waals surface area contributed by atoms with Crippen molar-refractivity contribution in [2.75, 3.05) is 46.0 Å². The van der Waals surface area contributed by atoms with Crippen molar-refractivity contribution in [2.24, 2.45) is 80.8 Å². The number of halogens is 1. The largest absolute Gasteiger partial charge is 0.491 e. The number of ether oxygens (including phenoxy) is 4. The van der Waals surface area contributed by atoms with Crippen molar-refractivity contribution >= 4 is 27.5 Å². The standard InChI is InChI=1S/C28H44N2O4.C23H37BrO3.C5H8N2O.3CH4/c1-5-34-20-15-29-30(16-20)17-25(31)24-9-8-22-21-7-6-19-14-26(2,32)12-13-28(19,18-33-4)23(21)10-11-27(22,24)3;1-21(26)10-11-23(14-27-3)15(12-21)4-5-16-17-6-7-19(20(25)13-24)22(17,2)9-8-18(16)23;1-2-8-5-3-6-7-4-5;;;/h15-16,19,21-24,32H,5-14,17-18H2,1-4H3;15-19,26H,4-14H2,1-3H3;3-4H,2H2,1H3,(H,6,7);3*1H4/t19-,21-,22-,23-,24+,26+,27-,28+;15-,16-,17-,18-,19+,21+,22-,23+;;;;/m00..../s1. The minimum absolute atomic E-state index is 0. The fraction of sp³-hybridized carbons (Fsp3) is 0.864. The number of H-pyrrole nitrogens is 1. The van der Waals surface area contributed by atoms with Crippen LogP contribution in [0.15, 0.2) is 24.8 Å². The molecule has 2 aromatic heterocycles. The first kappa shape index (κ1) is 60.5. The van der Waals surface area contributed by atoms with Crippen LogP contribution in [0, 0.1) is 80.8 Å². The number of nitrogens with one attached hydrogen (secondary N) is 1. The molecule has 3 N–H and O–H groups in total. The lowest BCUT2D eigenvalue weighted by atomic mass is 9.43. The molecule has 12 nitrogen and oxygen atoms in total. The van der Waals surface area contributed by atoms with Crippen LogP contribution in [0.5, 0.6) is 11.5 Å². The van der Waals surface area contributed by atoms with E-state index in [4.69, 9.17) is 18.9 Å². The minimum Gasteiger partial charge on any atom is -0.491 e. The number of Topliss-reactive ketones (excluding diaryl/α,β-unsaturated/α-hetero) is 2. The first-order chi connectivity index (χ1) is 32.9. The highest BCUT2D eigenvalue weighted by molar-refractivity contribution is 9.09. The third kappa shape index (κ3) is 11.5. The van der Waals surface area contributed by atoms with Gasteiger partial charge in [0, 0.05) is 26.1 Å². The average Bonchev–Trinajstić information content (AvgIpc) is 4.14. The number of alkyl halides is 1. The lowest BCUT2D eigenvalue weighted by molar-refractivity contribution is -0.175. The monoisotopic (exact) mass is 1070 g/mol. The molecule has 8 fully saturated rings. The van der Waals surface area contributed by atoms with Gasteiger partial charge in [0.05, 0.1) is 74.3 Å². The van der Waals surface area contributed by atoms with E-state index < -0.39 is 11.2 Å². The van der Waals surface area contributed by atoms with Crippen molar-refractivity contribution < 1.29 is 38.7 Å². The van der Waals surface area contributed by atoms with E-state index in [2.05, 4.69) is 45.1 Å². The summed E-state index contributed by atoms with van der Waals surface area (Å²) in [7, 11) is 3.71. The molecule has 0 amide bonds. The Kier molecular flexibility index (Phi) is 20.5. The van der Waals surface area contributed by atoms with E-state index >= 15 is 0 Å². The normalized spacial score (nSPS) is 41.1. The van der Waals surface area contributed by atoms with Gasteiger partial charge in [0.15, 0.2) is 17.3 Å². The average molecular weight is 1070 g/mol. The zero-order valence-electron chi connectivity index (χ0n) is 43.6. The van der Waals surface area contributed by atoms with Crippen LogP contribution in [-0.2, 0) is 25.6 Å². The Morgan fingerprint density at radius 2 is 1.14 bits per heavy atom. The second kappa shape index (κ2) is 24.3. The lowest BCUT2D eigenvalue weighted by Gasteiger charge is -2.62. The summed E-state index contributed by atoms with van der Waals surface area (Å²) in [5, 5.41) is 32.8. The van der Waals surface area contributed by atoms with E-state index in [-0.39, 0.29) is 55.8 Å². The van der Waals surface area contributed by atoms with Crippen molar-refractivity contribution in [1.29, 1.82) is 0 Å². The van der Waals surface area contributed by atoms with Gasteiger partial charge in [-0.25, -0.2) is 0 Å². The molecule has 2 aromatic rings. The Morgan fingerprint density at radius 3 is 1.58 bits per heavy atom. The van der Waals surface area contributed by atoms with Crippen molar-refractivity contribution in [3.8, 4) is 11.5 Å². The Morgan fingerprint density at radius 1 is 0.653 bits per heavy atom. The highest BCUT2D eigenvalue weighted by Crippen LogP contribution is 2.70. The number of aliphatic hydroxyl groups is 2. The molecule has 412 valence electrons. The predicted octanol–water partition coefficient (Wildman–Crippen LogP) is 12.6. The summed E-state index contributed by atoms with van der Waals surface area (Å²) in [5.74, 6) is 7.93. The molecule has 72 heavy (non-hydrogen) atoms. The summed E-state index contributed by atoms with van der Waals surface area (Å²) in [6, 6.07) is 0. The number of hydrogen-bond donors (Lipinski definition) is 3. The van der Waals surface area contributed by atoms with Crippen LogP contribution < -0.4 is 9.47 Å². The zero-order chi connectivity index (χ0) is 49.4. The first-order valence-corrected chi connectivity index (χ1v) is 28.4. The van der Waals surface area contributed by atoms with E-state index in [9.17, 15) is 19.8 Å². The number of fused-ring (bicyclic) bond motifs is 10. The molecule has 13 heteroatoms. The molecule has 8 saturated carbocycles. The fourth-order valence-corrected chi connectivity index (χ4v) is 18.5. The maximum Gasteiger partial charge on any atom is 0.157 e. The number of nitrogens with zero attached hydrogens (tertiary/aromatic N) is 3. The van der Waals surface area contributed by atoms with E-state index in [0.29, 0.717) is 78.1 Å². The molecule has 0 aliphatic heterocycles. The second-order valence-corrected chi connectivity index (χ2v) is 25.2. The summed E-state index contributed by atoms with van der Waals surface area (Å²) in [6.45, 7) is 16.1. The van der Waals surface area contributed by atoms with Crippen LogP contribution in [0.2, 0.25) is 0 Å². The maximum atomic E-state index is 13.5. The Labute approximate surface area is 444 Å². The van der Waals surface area contributed by atoms with E-state index in [0.717, 1.165) is 88.4 Å². The number of carbonyl (C=O) groups is 2. The Hall–Kier alpha value is -2.32. The van der Waals surface area contributed by atoms with Crippen LogP contribution in [0.3, 0.4) is 0 Å². The second-order valence-electron chi connectivity index (χ2n) is 24.6. The molecule has 10 rings (SSSR count). The molecular weight excluding hydrogens is 973 g/mol. The van der Waals surface area contributed by atoms with Crippen LogP contribution in [0.1, 0.15) is 179 Å². The highest BCUT2D eigenvalue weighted by atomic mass is 79.9. The number of rotatable bonds is 13. The van der Waals surface area contributed by atoms with Gasteiger partial charge in [0.2, 0.25) is 0 Å². The lowest BCUT2D eigenvalue weighted by Crippen LogP contribution is -2.58. The van der Waals surface area contributed by atoms with Gasteiger partial charge in [-0.1, -0.05) is 52.1 Å². The van der Waals surface area contributed by atoms with Crippen LogP contribution in [0.4, 0.5) is 0 Å². The summed E-state index contributed by atoms with van der Waals surface area (Å²) < 4.78 is 24.0. The number of methoxy groups -OCH3 is 2. The molecule has 0 bridgehead atoms. The smallest absolute Gasteiger partial charge is 0.157 e. The van der Waals surface area contributed by atoms with Gasteiger partial charge in [-0.3, -0.25) is 19.4 Å². The third-order valence-corrected chi connectivity index (χ3v) is 21.6. The first-order valence-electron chi connectivity index (χ1n) is 27.2. The number of ketones is 2. The number of carbonyl (C=O) groups excluding carboxylic acids is 2. The molecule has 0 saturated heterocycles. The fourth-order valence-electron chi connectivity index (χ4n) is 18.1. The van der Waals surface area contributed by atoms with Crippen LogP contribution in [-0.4, -0.2) is 98.9 Å². The minimum atomic E-state index is -0.530. The predicted molar refractivity (Wildman–Crippen MR) is 291 cm³/mol. The van der Waals surface area contributed by atoms with E-state index in [1.54, 1.807) is 23.3 Å². The van der Waals surface area contributed by atoms with Crippen LogP contribution >= 0.6 is 15.9 Å². The van der Waals surface area contributed by atoms with Gasteiger partial charge >= 0.3 is 0 Å². The van der Waals surface area contributed by atoms with E-state index in [1.807, 2.05) is 48.1 Å². The molecule has 0 spiro atoms. The van der Waals surface area contributed by atoms with Crippen molar-refractivity contribution in [3.63, 3.8) is 0 Å². The molecule has 8 aliphatic rings. The van der Waals surface area contributed by atoms with Gasteiger partial charge in [-0.15, -0.1) is 0 Å². The number of aromatic amines is 1.